The van der Waals surface area contributed by atoms with Crippen LogP contribution in [0.3, 0.4) is 0 Å². The summed E-state index contributed by atoms with van der Waals surface area (Å²) in [6.45, 7) is 3.51. The van der Waals surface area contributed by atoms with Crippen LogP contribution in [0.1, 0.15) is 45.4 Å². The number of ether oxygens (including phenoxy) is 1. The van der Waals surface area contributed by atoms with E-state index in [4.69, 9.17) is 4.74 Å². The number of aliphatic hydroxyl groups excluding tert-OH is 1. The lowest BCUT2D eigenvalue weighted by Crippen LogP contribution is -2.39. The number of rotatable bonds is 2. The van der Waals surface area contributed by atoms with Crippen LogP contribution in [0.4, 0.5) is 0 Å². The molecule has 2 fully saturated rings. The first-order valence-corrected chi connectivity index (χ1v) is 5.99. The molecule has 2 atom stereocenters. The largest absolute Gasteiger partial charge is 0.396 e. The molecule has 82 valence electrons. The molecule has 0 spiro atoms. The van der Waals surface area contributed by atoms with Crippen molar-refractivity contribution in [2.24, 2.45) is 11.3 Å². The summed E-state index contributed by atoms with van der Waals surface area (Å²) in [5, 5.41) is 9.30. The van der Waals surface area contributed by atoms with Crippen LogP contribution in [0.5, 0.6) is 0 Å². The summed E-state index contributed by atoms with van der Waals surface area (Å²) >= 11 is 0. The van der Waals surface area contributed by atoms with E-state index in [9.17, 15) is 5.11 Å². The first-order chi connectivity index (χ1) is 6.76. The molecule has 1 aliphatic carbocycles. The molecule has 0 bridgehead atoms. The van der Waals surface area contributed by atoms with E-state index >= 15 is 0 Å². The minimum absolute atomic E-state index is 0.306. The normalized spacial score (nSPS) is 37.3. The Hall–Kier alpha value is -0.0800. The minimum Gasteiger partial charge on any atom is -0.396 e. The average molecular weight is 198 g/mol. The molecular weight excluding hydrogens is 176 g/mol. The summed E-state index contributed by atoms with van der Waals surface area (Å²) in [5.74, 6) is 0.401. The summed E-state index contributed by atoms with van der Waals surface area (Å²) in [5.41, 5.74) is 0.349. The molecule has 0 aromatic heterocycles. The molecule has 14 heavy (non-hydrogen) atoms. The van der Waals surface area contributed by atoms with Crippen LogP contribution in [0.2, 0.25) is 0 Å². The van der Waals surface area contributed by atoms with Crippen LogP contribution in [-0.4, -0.2) is 24.4 Å². The second-order valence-corrected chi connectivity index (χ2v) is 5.24. The van der Waals surface area contributed by atoms with Gasteiger partial charge >= 0.3 is 0 Å². The summed E-state index contributed by atoms with van der Waals surface area (Å²) in [6.07, 6.45) is 8.02. The molecule has 2 aliphatic rings. The van der Waals surface area contributed by atoms with Gasteiger partial charge in [-0.1, -0.05) is 26.2 Å². The van der Waals surface area contributed by atoms with Gasteiger partial charge in [-0.3, -0.25) is 0 Å². The number of aliphatic hydroxyl groups is 1. The van der Waals surface area contributed by atoms with Crippen LogP contribution in [0, 0.1) is 11.3 Å². The maximum Gasteiger partial charge on any atom is 0.0679 e. The molecule has 0 radical (unpaired) electrons. The highest BCUT2D eigenvalue weighted by Crippen LogP contribution is 2.45. The highest BCUT2D eigenvalue weighted by Gasteiger charge is 2.43. The zero-order valence-electron chi connectivity index (χ0n) is 9.17. The van der Waals surface area contributed by atoms with Crippen molar-refractivity contribution < 1.29 is 9.84 Å². The monoisotopic (exact) mass is 198 g/mol. The van der Waals surface area contributed by atoms with E-state index in [2.05, 4.69) is 6.92 Å². The topological polar surface area (TPSA) is 29.5 Å². The Balaban J connectivity index is 2.03. The molecule has 2 unspecified atom stereocenters. The predicted molar refractivity (Wildman–Crippen MR) is 56.1 cm³/mol. The van der Waals surface area contributed by atoms with Crippen LogP contribution in [-0.2, 0) is 4.74 Å². The molecule has 2 rings (SSSR count). The lowest BCUT2D eigenvalue weighted by Gasteiger charge is -2.40. The second kappa shape index (κ2) is 4.19. The molecule has 0 aromatic carbocycles. The van der Waals surface area contributed by atoms with E-state index in [1.54, 1.807) is 0 Å². The van der Waals surface area contributed by atoms with Crippen molar-refractivity contribution in [1.82, 2.24) is 0 Å². The fraction of sp³-hybridized carbons (Fsp3) is 1.00. The van der Waals surface area contributed by atoms with E-state index in [0.29, 0.717) is 24.0 Å². The third-order valence-corrected chi connectivity index (χ3v) is 4.13. The zero-order chi connectivity index (χ0) is 10.0. The molecule has 1 N–H and O–H groups in total. The van der Waals surface area contributed by atoms with Crippen molar-refractivity contribution in [3.8, 4) is 0 Å². The summed E-state index contributed by atoms with van der Waals surface area (Å²) in [4.78, 5) is 0. The maximum absolute atomic E-state index is 9.30. The van der Waals surface area contributed by atoms with E-state index in [1.165, 1.54) is 32.1 Å². The SMILES string of the molecule is CC1(C2OCCC2CO)CCCCC1. The highest BCUT2D eigenvalue weighted by atomic mass is 16.5. The molecule has 1 aliphatic heterocycles. The van der Waals surface area contributed by atoms with E-state index in [1.807, 2.05) is 0 Å². The van der Waals surface area contributed by atoms with Crippen LogP contribution in [0.25, 0.3) is 0 Å². The minimum atomic E-state index is 0.306. The van der Waals surface area contributed by atoms with Crippen molar-refractivity contribution in [3.63, 3.8) is 0 Å². The van der Waals surface area contributed by atoms with E-state index < -0.39 is 0 Å². The maximum atomic E-state index is 9.30. The van der Waals surface area contributed by atoms with Gasteiger partial charge in [0.2, 0.25) is 0 Å². The van der Waals surface area contributed by atoms with Gasteiger partial charge < -0.3 is 9.84 Å². The van der Waals surface area contributed by atoms with E-state index in [0.717, 1.165) is 13.0 Å². The molecule has 0 aromatic rings. The van der Waals surface area contributed by atoms with Gasteiger partial charge in [0.1, 0.15) is 0 Å². The highest BCUT2D eigenvalue weighted by molar-refractivity contribution is 4.92. The van der Waals surface area contributed by atoms with Crippen molar-refractivity contribution >= 4 is 0 Å². The Morgan fingerprint density at radius 3 is 2.64 bits per heavy atom. The van der Waals surface area contributed by atoms with Gasteiger partial charge in [0.15, 0.2) is 0 Å². The molecule has 0 amide bonds. The van der Waals surface area contributed by atoms with Crippen LogP contribution >= 0.6 is 0 Å². The summed E-state index contributed by atoms with van der Waals surface area (Å²) in [7, 11) is 0. The third-order valence-electron chi connectivity index (χ3n) is 4.13. The molecule has 2 heteroatoms. The van der Waals surface area contributed by atoms with Crippen molar-refractivity contribution in [1.29, 1.82) is 0 Å². The third kappa shape index (κ3) is 1.82. The van der Waals surface area contributed by atoms with Gasteiger partial charge in [-0.15, -0.1) is 0 Å². The Morgan fingerprint density at radius 1 is 1.29 bits per heavy atom. The van der Waals surface area contributed by atoms with Crippen LogP contribution < -0.4 is 0 Å². The number of hydrogen-bond donors (Lipinski definition) is 1. The van der Waals surface area contributed by atoms with Gasteiger partial charge in [0.25, 0.3) is 0 Å². The van der Waals surface area contributed by atoms with Crippen LogP contribution in [0.15, 0.2) is 0 Å². The van der Waals surface area contributed by atoms with Gasteiger partial charge in [-0.05, 0) is 24.7 Å². The smallest absolute Gasteiger partial charge is 0.0679 e. The first-order valence-electron chi connectivity index (χ1n) is 5.99. The summed E-state index contributed by atoms with van der Waals surface area (Å²) < 4.78 is 5.84. The van der Waals surface area contributed by atoms with Crippen molar-refractivity contribution in [3.05, 3.63) is 0 Å². The average Bonchev–Trinajstić information content (AvgIpc) is 2.67. The fourth-order valence-electron chi connectivity index (χ4n) is 3.24. The standard InChI is InChI=1S/C12H22O2/c1-12(6-3-2-4-7-12)11-10(9-13)5-8-14-11/h10-11,13H,2-9H2,1H3. The molecule has 1 heterocycles. The lowest BCUT2D eigenvalue weighted by atomic mass is 9.68. The Morgan fingerprint density at radius 2 is 2.00 bits per heavy atom. The van der Waals surface area contributed by atoms with Gasteiger partial charge in [0, 0.05) is 19.1 Å². The Bertz CT molecular complexity index is 185. The summed E-state index contributed by atoms with van der Waals surface area (Å²) in [6, 6.07) is 0. The molecule has 1 saturated heterocycles. The number of hydrogen-bond acceptors (Lipinski definition) is 2. The van der Waals surface area contributed by atoms with Gasteiger partial charge in [-0.2, -0.15) is 0 Å². The zero-order valence-corrected chi connectivity index (χ0v) is 9.17. The van der Waals surface area contributed by atoms with Crippen molar-refractivity contribution in [2.45, 2.75) is 51.6 Å². The first kappa shape index (κ1) is 10.4. The van der Waals surface area contributed by atoms with Crippen molar-refractivity contribution in [2.75, 3.05) is 13.2 Å². The fourth-order valence-corrected chi connectivity index (χ4v) is 3.24. The lowest BCUT2D eigenvalue weighted by molar-refractivity contribution is -0.0411. The molecule has 1 saturated carbocycles. The molecule has 2 nitrogen and oxygen atoms in total. The predicted octanol–water partition coefficient (Wildman–Crippen LogP) is 2.35. The quantitative estimate of drug-likeness (QED) is 0.738. The molecular formula is C12H22O2. The van der Waals surface area contributed by atoms with Gasteiger partial charge in [0.05, 0.1) is 6.10 Å². The Kier molecular flexibility index (Phi) is 3.13. The van der Waals surface area contributed by atoms with Gasteiger partial charge in [-0.25, -0.2) is 0 Å². The van der Waals surface area contributed by atoms with E-state index in [-0.39, 0.29) is 0 Å². The Labute approximate surface area is 86.6 Å². The second-order valence-electron chi connectivity index (χ2n) is 5.24.